The van der Waals surface area contributed by atoms with Crippen LogP contribution in [0.5, 0.6) is 11.6 Å². The molecule has 0 unspecified atom stereocenters. The lowest BCUT2D eigenvalue weighted by Gasteiger charge is -2.28. The minimum absolute atomic E-state index is 0.0244. The van der Waals surface area contributed by atoms with Crippen LogP contribution in [-0.2, 0) is 13.0 Å². The van der Waals surface area contributed by atoms with Gasteiger partial charge in [-0.2, -0.15) is 5.10 Å². The van der Waals surface area contributed by atoms with Gasteiger partial charge in [0.25, 0.3) is 0 Å². The van der Waals surface area contributed by atoms with Gasteiger partial charge in [-0.3, -0.25) is 0 Å². The molecular weight excluding hydrogens is 407 g/mol. The van der Waals surface area contributed by atoms with Gasteiger partial charge in [-0.05, 0) is 70.5 Å². The number of nitrogens with zero attached hydrogens (tertiary/aromatic N) is 3. The first-order valence-electron chi connectivity index (χ1n) is 11.0. The standard InChI is InChI=1S/C25H31FN4O2/c1-6-23-22(16-29(18(4)5)25(31)27-17(2)3)24(32-21-10-8-7-9-11-21)30(28-23)20-14-12-19(26)13-15-20/h7-15,17-18H,6,16H2,1-5H3,(H,27,31). The van der Waals surface area contributed by atoms with Crippen LogP contribution in [0.1, 0.15) is 45.9 Å². The smallest absolute Gasteiger partial charge is 0.318 e. The van der Waals surface area contributed by atoms with Crippen molar-refractivity contribution in [2.75, 3.05) is 0 Å². The number of carbonyl (C=O) groups excluding carboxylic acids is 1. The number of urea groups is 1. The largest absolute Gasteiger partial charge is 0.439 e. The zero-order valence-electron chi connectivity index (χ0n) is 19.3. The predicted octanol–water partition coefficient (Wildman–Crippen LogP) is 5.69. The number of aromatic nitrogens is 2. The van der Waals surface area contributed by atoms with Gasteiger partial charge in [0.1, 0.15) is 11.6 Å². The van der Waals surface area contributed by atoms with Crippen molar-refractivity contribution in [2.24, 2.45) is 0 Å². The van der Waals surface area contributed by atoms with Gasteiger partial charge in [-0.25, -0.2) is 13.9 Å². The third-order valence-electron chi connectivity index (χ3n) is 5.01. The van der Waals surface area contributed by atoms with E-state index in [1.807, 2.05) is 65.0 Å². The molecule has 1 aromatic heterocycles. The average molecular weight is 439 g/mol. The molecule has 0 spiro atoms. The Morgan fingerprint density at radius 1 is 1.09 bits per heavy atom. The summed E-state index contributed by atoms with van der Waals surface area (Å²) in [5, 5.41) is 7.74. The number of carbonyl (C=O) groups is 1. The summed E-state index contributed by atoms with van der Waals surface area (Å²) in [5.41, 5.74) is 2.33. The Bertz CT molecular complexity index is 1030. The van der Waals surface area contributed by atoms with E-state index in [4.69, 9.17) is 9.84 Å². The molecule has 0 saturated heterocycles. The first kappa shape index (κ1) is 23.3. The van der Waals surface area contributed by atoms with Crippen molar-refractivity contribution in [3.8, 4) is 17.3 Å². The van der Waals surface area contributed by atoms with Gasteiger partial charge in [-0.15, -0.1) is 0 Å². The summed E-state index contributed by atoms with van der Waals surface area (Å²) in [5.74, 6) is 0.851. The molecule has 0 aliphatic rings. The van der Waals surface area contributed by atoms with Crippen LogP contribution in [0, 0.1) is 5.82 Å². The number of nitrogens with one attached hydrogen (secondary N) is 1. The van der Waals surface area contributed by atoms with Crippen LogP contribution in [-0.4, -0.2) is 32.8 Å². The molecule has 3 rings (SSSR count). The number of amides is 2. The molecule has 7 heteroatoms. The first-order chi connectivity index (χ1) is 15.3. The topological polar surface area (TPSA) is 59.4 Å². The highest BCUT2D eigenvalue weighted by Crippen LogP contribution is 2.32. The quantitative estimate of drug-likeness (QED) is 0.491. The van der Waals surface area contributed by atoms with E-state index in [0.717, 1.165) is 11.3 Å². The monoisotopic (exact) mass is 438 g/mol. The number of hydrogen-bond acceptors (Lipinski definition) is 3. The lowest BCUT2D eigenvalue weighted by molar-refractivity contribution is 0.176. The van der Waals surface area contributed by atoms with Crippen molar-refractivity contribution in [3.63, 3.8) is 0 Å². The number of halogens is 1. The van der Waals surface area contributed by atoms with E-state index in [9.17, 15) is 9.18 Å². The second kappa shape index (κ2) is 10.3. The van der Waals surface area contributed by atoms with Gasteiger partial charge >= 0.3 is 6.03 Å². The zero-order valence-corrected chi connectivity index (χ0v) is 19.3. The maximum Gasteiger partial charge on any atom is 0.318 e. The van der Waals surface area contributed by atoms with Crippen molar-refractivity contribution < 1.29 is 13.9 Å². The number of rotatable bonds is 8. The summed E-state index contributed by atoms with van der Waals surface area (Å²) in [4.78, 5) is 14.7. The Labute approximate surface area is 189 Å². The number of para-hydroxylation sites is 1. The molecule has 3 aromatic rings. The van der Waals surface area contributed by atoms with Crippen LogP contribution in [0.25, 0.3) is 5.69 Å². The molecule has 1 heterocycles. The van der Waals surface area contributed by atoms with Crippen molar-refractivity contribution >= 4 is 6.03 Å². The fraction of sp³-hybridized carbons (Fsp3) is 0.360. The Morgan fingerprint density at radius 3 is 2.31 bits per heavy atom. The van der Waals surface area contributed by atoms with Crippen LogP contribution in [0.2, 0.25) is 0 Å². The van der Waals surface area contributed by atoms with Crippen molar-refractivity contribution in [1.29, 1.82) is 0 Å². The van der Waals surface area contributed by atoms with Gasteiger partial charge in [0.15, 0.2) is 0 Å². The molecule has 0 aliphatic carbocycles. The zero-order chi connectivity index (χ0) is 23.3. The molecule has 0 saturated carbocycles. The maximum absolute atomic E-state index is 13.5. The highest BCUT2D eigenvalue weighted by molar-refractivity contribution is 5.75. The average Bonchev–Trinajstić information content (AvgIpc) is 3.09. The lowest BCUT2D eigenvalue weighted by atomic mass is 10.1. The van der Waals surface area contributed by atoms with E-state index < -0.39 is 0 Å². The van der Waals surface area contributed by atoms with E-state index in [1.54, 1.807) is 21.7 Å². The first-order valence-corrected chi connectivity index (χ1v) is 11.0. The Morgan fingerprint density at radius 2 is 1.75 bits per heavy atom. The molecule has 0 bridgehead atoms. The summed E-state index contributed by atoms with van der Waals surface area (Å²) >= 11 is 0. The summed E-state index contributed by atoms with van der Waals surface area (Å²) in [6, 6.07) is 15.4. The predicted molar refractivity (Wildman–Crippen MR) is 124 cm³/mol. The van der Waals surface area contributed by atoms with E-state index >= 15 is 0 Å². The summed E-state index contributed by atoms with van der Waals surface area (Å²) in [6.45, 7) is 10.2. The summed E-state index contributed by atoms with van der Waals surface area (Å²) in [7, 11) is 0. The Kier molecular flexibility index (Phi) is 7.51. The molecule has 2 aromatic carbocycles. The van der Waals surface area contributed by atoms with Crippen molar-refractivity contribution in [1.82, 2.24) is 20.0 Å². The molecule has 0 atom stereocenters. The van der Waals surface area contributed by atoms with Gasteiger partial charge < -0.3 is 15.0 Å². The molecule has 32 heavy (non-hydrogen) atoms. The SMILES string of the molecule is CCc1nn(-c2ccc(F)cc2)c(Oc2ccccc2)c1CN(C(=O)NC(C)C)C(C)C. The van der Waals surface area contributed by atoms with Crippen LogP contribution >= 0.6 is 0 Å². The third-order valence-corrected chi connectivity index (χ3v) is 5.01. The van der Waals surface area contributed by atoms with Crippen LogP contribution in [0.15, 0.2) is 54.6 Å². The van der Waals surface area contributed by atoms with Gasteiger partial charge in [0, 0.05) is 12.1 Å². The lowest BCUT2D eigenvalue weighted by Crippen LogP contribution is -2.45. The fourth-order valence-corrected chi connectivity index (χ4v) is 3.37. The van der Waals surface area contributed by atoms with Crippen LogP contribution in [0.3, 0.4) is 0 Å². The molecule has 2 amide bonds. The van der Waals surface area contributed by atoms with E-state index in [1.165, 1.54) is 12.1 Å². The number of hydrogen-bond donors (Lipinski definition) is 1. The molecule has 0 aliphatic heterocycles. The number of benzene rings is 2. The fourth-order valence-electron chi connectivity index (χ4n) is 3.37. The van der Waals surface area contributed by atoms with Gasteiger partial charge in [0.05, 0.1) is 23.5 Å². The van der Waals surface area contributed by atoms with E-state index in [2.05, 4.69) is 5.32 Å². The minimum atomic E-state index is -0.321. The normalized spacial score (nSPS) is 11.1. The van der Waals surface area contributed by atoms with E-state index in [0.29, 0.717) is 30.3 Å². The second-order valence-corrected chi connectivity index (χ2v) is 8.21. The van der Waals surface area contributed by atoms with E-state index in [-0.39, 0.29) is 23.9 Å². The maximum atomic E-state index is 13.5. The highest BCUT2D eigenvalue weighted by atomic mass is 19.1. The van der Waals surface area contributed by atoms with Crippen molar-refractivity contribution in [3.05, 3.63) is 71.7 Å². The van der Waals surface area contributed by atoms with Crippen LogP contribution in [0.4, 0.5) is 9.18 Å². The molecule has 6 nitrogen and oxygen atoms in total. The summed E-state index contributed by atoms with van der Waals surface area (Å²) < 4.78 is 21.5. The Hall–Kier alpha value is -3.35. The highest BCUT2D eigenvalue weighted by Gasteiger charge is 2.26. The molecule has 0 radical (unpaired) electrons. The second-order valence-electron chi connectivity index (χ2n) is 8.21. The molecule has 1 N–H and O–H groups in total. The van der Waals surface area contributed by atoms with Crippen molar-refractivity contribution in [2.45, 2.75) is 59.7 Å². The molecule has 170 valence electrons. The minimum Gasteiger partial charge on any atom is -0.439 e. The molecular formula is C25H31FN4O2. The third kappa shape index (κ3) is 5.46. The number of aryl methyl sites for hydroxylation is 1. The Balaban J connectivity index is 2.10. The molecule has 0 fully saturated rings. The summed E-state index contributed by atoms with van der Waals surface area (Å²) in [6.07, 6.45) is 0.659. The van der Waals surface area contributed by atoms with Crippen LogP contribution < -0.4 is 10.1 Å². The number of ether oxygens (including phenoxy) is 1. The van der Waals surface area contributed by atoms with Gasteiger partial charge in [-0.1, -0.05) is 25.1 Å². The van der Waals surface area contributed by atoms with Gasteiger partial charge in [0.2, 0.25) is 5.88 Å².